The number of carbonyl (C=O) groups is 1. The number of nitrogens with one attached hydrogen (secondary N) is 1. The Balaban J connectivity index is 1.47. The molecule has 1 aliphatic rings. The second-order valence-corrected chi connectivity index (χ2v) is 7.09. The molecule has 1 atom stereocenters. The molecular weight excluding hydrogens is 351 g/mol. The van der Waals surface area contributed by atoms with Gasteiger partial charge in [-0.15, -0.1) is 0 Å². The quantitative estimate of drug-likeness (QED) is 0.702. The summed E-state index contributed by atoms with van der Waals surface area (Å²) in [5.41, 5.74) is 1.75. The molecule has 138 valence electrons. The first-order valence-electron chi connectivity index (χ1n) is 9.12. The zero-order valence-corrected chi connectivity index (χ0v) is 15.5. The largest absolute Gasteiger partial charge is 0.339 e. The molecule has 1 saturated heterocycles. The van der Waals surface area contributed by atoms with E-state index >= 15 is 0 Å². The van der Waals surface area contributed by atoms with Gasteiger partial charge in [-0.25, -0.2) is 4.39 Å². The average molecular weight is 375 g/mol. The molecule has 5 heteroatoms. The van der Waals surface area contributed by atoms with Gasteiger partial charge in [0.2, 0.25) is 5.91 Å². The van der Waals surface area contributed by atoms with Crippen LogP contribution in [0.2, 0.25) is 5.02 Å². The smallest absolute Gasteiger partial charge is 0.222 e. The highest BCUT2D eigenvalue weighted by Gasteiger charge is 2.30. The summed E-state index contributed by atoms with van der Waals surface area (Å²) in [6, 6.07) is 14.8. The van der Waals surface area contributed by atoms with Crippen molar-refractivity contribution in [2.75, 3.05) is 13.1 Å². The Labute approximate surface area is 159 Å². The van der Waals surface area contributed by atoms with E-state index in [0.29, 0.717) is 25.1 Å². The van der Waals surface area contributed by atoms with Crippen LogP contribution in [0.15, 0.2) is 48.5 Å². The van der Waals surface area contributed by atoms with Gasteiger partial charge in [0.15, 0.2) is 0 Å². The van der Waals surface area contributed by atoms with Crippen LogP contribution in [-0.4, -0.2) is 29.9 Å². The Morgan fingerprint density at radius 1 is 1.12 bits per heavy atom. The average Bonchev–Trinajstić information content (AvgIpc) is 2.99. The predicted molar refractivity (Wildman–Crippen MR) is 103 cm³/mol. The van der Waals surface area contributed by atoms with Gasteiger partial charge in [-0.3, -0.25) is 4.79 Å². The number of halogens is 2. The van der Waals surface area contributed by atoms with E-state index < -0.39 is 0 Å². The van der Waals surface area contributed by atoms with Gasteiger partial charge in [0.05, 0.1) is 0 Å². The lowest BCUT2D eigenvalue weighted by molar-refractivity contribution is -0.129. The van der Waals surface area contributed by atoms with E-state index in [1.165, 1.54) is 6.07 Å². The van der Waals surface area contributed by atoms with Crippen LogP contribution in [0, 0.1) is 5.82 Å². The van der Waals surface area contributed by atoms with Crippen LogP contribution in [-0.2, 0) is 17.8 Å². The summed E-state index contributed by atoms with van der Waals surface area (Å²) in [6.07, 6.45) is 3.15. The highest BCUT2D eigenvalue weighted by atomic mass is 35.5. The molecule has 1 amide bonds. The molecule has 1 fully saturated rings. The molecule has 3 rings (SSSR count). The summed E-state index contributed by atoms with van der Waals surface area (Å²) in [4.78, 5) is 14.2. The van der Waals surface area contributed by atoms with Gasteiger partial charge >= 0.3 is 0 Å². The molecule has 3 nitrogen and oxygen atoms in total. The number of rotatable bonds is 8. The van der Waals surface area contributed by atoms with Gasteiger partial charge < -0.3 is 10.2 Å². The third kappa shape index (κ3) is 4.83. The van der Waals surface area contributed by atoms with Crippen LogP contribution in [0.25, 0.3) is 0 Å². The fourth-order valence-electron chi connectivity index (χ4n) is 3.48. The molecule has 2 aromatic rings. The molecule has 0 aliphatic carbocycles. The van der Waals surface area contributed by atoms with E-state index in [0.717, 1.165) is 36.4 Å². The van der Waals surface area contributed by atoms with E-state index in [9.17, 15) is 9.18 Å². The second-order valence-electron chi connectivity index (χ2n) is 6.68. The Kier molecular flexibility index (Phi) is 6.64. The van der Waals surface area contributed by atoms with Crippen LogP contribution in [0.4, 0.5) is 4.39 Å². The molecule has 1 N–H and O–H groups in total. The molecule has 2 aromatic carbocycles. The number of benzene rings is 2. The predicted octanol–water partition coefficient (Wildman–Crippen LogP) is 4.19. The summed E-state index contributed by atoms with van der Waals surface area (Å²) >= 11 is 6.21. The van der Waals surface area contributed by atoms with E-state index in [2.05, 4.69) is 5.32 Å². The van der Waals surface area contributed by atoms with Crippen molar-refractivity contribution in [2.45, 2.75) is 38.3 Å². The summed E-state index contributed by atoms with van der Waals surface area (Å²) in [5.74, 6) is 0.0357. The highest BCUT2D eigenvalue weighted by molar-refractivity contribution is 6.31. The van der Waals surface area contributed by atoms with Gasteiger partial charge in [-0.2, -0.15) is 0 Å². The summed E-state index contributed by atoms with van der Waals surface area (Å²) < 4.78 is 13.6. The number of hydrogen-bond acceptors (Lipinski definition) is 2. The SMILES string of the molecule is O=C1CC[C@@H](CCNCc2ccccc2F)N1CCc1ccccc1Cl. The monoisotopic (exact) mass is 374 g/mol. The summed E-state index contributed by atoms with van der Waals surface area (Å²) in [6.45, 7) is 1.96. The van der Waals surface area contributed by atoms with E-state index in [4.69, 9.17) is 11.6 Å². The Morgan fingerprint density at radius 2 is 1.85 bits per heavy atom. The van der Waals surface area contributed by atoms with E-state index in [1.807, 2.05) is 35.2 Å². The van der Waals surface area contributed by atoms with Gasteiger partial charge in [-0.1, -0.05) is 48.0 Å². The van der Waals surface area contributed by atoms with Crippen molar-refractivity contribution in [3.63, 3.8) is 0 Å². The van der Waals surface area contributed by atoms with E-state index in [1.54, 1.807) is 12.1 Å². The Hall–Kier alpha value is -1.91. The maximum atomic E-state index is 13.6. The standard InChI is InChI=1S/C21H24ClFN2O/c22-19-7-3-1-5-16(19)12-14-25-18(9-10-21(25)26)11-13-24-15-17-6-2-4-8-20(17)23/h1-8,18,24H,9-15H2/t18-/m0/s1. The molecular formula is C21H24ClFN2O. The Morgan fingerprint density at radius 3 is 2.62 bits per heavy atom. The lowest BCUT2D eigenvalue weighted by Gasteiger charge is -2.25. The van der Waals surface area contributed by atoms with Gasteiger partial charge in [0.25, 0.3) is 0 Å². The van der Waals surface area contributed by atoms with Crippen molar-refractivity contribution in [2.24, 2.45) is 0 Å². The van der Waals surface area contributed by atoms with Crippen molar-refractivity contribution in [1.82, 2.24) is 10.2 Å². The summed E-state index contributed by atoms with van der Waals surface area (Å²) in [5, 5.41) is 4.04. The molecule has 26 heavy (non-hydrogen) atoms. The molecule has 1 aliphatic heterocycles. The number of carbonyl (C=O) groups excluding carboxylic acids is 1. The molecule has 0 bridgehead atoms. The van der Waals surface area contributed by atoms with Crippen LogP contribution in [0.3, 0.4) is 0 Å². The van der Waals surface area contributed by atoms with Gasteiger partial charge in [-0.05, 0) is 43.5 Å². The number of nitrogens with zero attached hydrogens (tertiary/aromatic N) is 1. The van der Waals surface area contributed by atoms with Crippen molar-refractivity contribution < 1.29 is 9.18 Å². The summed E-state index contributed by atoms with van der Waals surface area (Å²) in [7, 11) is 0. The van der Waals surface area contributed by atoms with Crippen LogP contribution >= 0.6 is 11.6 Å². The van der Waals surface area contributed by atoms with Crippen molar-refractivity contribution in [1.29, 1.82) is 0 Å². The van der Waals surface area contributed by atoms with E-state index in [-0.39, 0.29) is 17.8 Å². The molecule has 1 heterocycles. The molecule has 0 saturated carbocycles. The highest BCUT2D eigenvalue weighted by Crippen LogP contribution is 2.23. The topological polar surface area (TPSA) is 32.3 Å². The van der Waals surface area contributed by atoms with Crippen LogP contribution in [0.5, 0.6) is 0 Å². The Bertz CT molecular complexity index is 752. The minimum atomic E-state index is -0.183. The normalized spacial score (nSPS) is 17.1. The van der Waals surface area contributed by atoms with Crippen molar-refractivity contribution in [3.8, 4) is 0 Å². The minimum Gasteiger partial charge on any atom is -0.339 e. The maximum Gasteiger partial charge on any atom is 0.222 e. The first-order chi connectivity index (χ1) is 12.6. The zero-order valence-electron chi connectivity index (χ0n) is 14.8. The fourth-order valence-corrected chi connectivity index (χ4v) is 3.71. The number of hydrogen-bond donors (Lipinski definition) is 1. The first-order valence-corrected chi connectivity index (χ1v) is 9.50. The fraction of sp³-hybridized carbons (Fsp3) is 0.381. The number of amides is 1. The van der Waals surface area contributed by atoms with Crippen molar-refractivity contribution in [3.05, 3.63) is 70.5 Å². The zero-order chi connectivity index (χ0) is 18.4. The number of likely N-dealkylation sites (tertiary alicyclic amines) is 1. The molecule has 0 aromatic heterocycles. The van der Waals surface area contributed by atoms with Crippen LogP contribution < -0.4 is 5.32 Å². The maximum absolute atomic E-state index is 13.6. The molecule has 0 spiro atoms. The van der Waals surface area contributed by atoms with Crippen molar-refractivity contribution >= 4 is 17.5 Å². The lowest BCUT2D eigenvalue weighted by Crippen LogP contribution is -2.36. The lowest BCUT2D eigenvalue weighted by atomic mass is 10.1. The third-order valence-corrected chi connectivity index (χ3v) is 5.33. The second kappa shape index (κ2) is 9.15. The molecule has 0 unspecified atom stereocenters. The third-order valence-electron chi connectivity index (χ3n) is 4.96. The molecule has 0 radical (unpaired) electrons. The van der Waals surface area contributed by atoms with Gasteiger partial charge in [0, 0.05) is 36.1 Å². The van der Waals surface area contributed by atoms with Crippen LogP contribution in [0.1, 0.15) is 30.4 Å². The first kappa shape index (κ1) is 18.9. The minimum absolute atomic E-state index is 0.183. The van der Waals surface area contributed by atoms with Gasteiger partial charge in [0.1, 0.15) is 5.82 Å².